The van der Waals surface area contributed by atoms with Gasteiger partial charge in [0.1, 0.15) is 24.1 Å². The van der Waals surface area contributed by atoms with Crippen LogP contribution in [0.4, 0.5) is 9.59 Å². The van der Waals surface area contributed by atoms with Crippen LogP contribution in [-0.2, 0) is 28.7 Å². The van der Waals surface area contributed by atoms with Crippen molar-refractivity contribution in [2.24, 2.45) is 5.10 Å². The second-order valence-electron chi connectivity index (χ2n) is 9.53. The van der Waals surface area contributed by atoms with Crippen LogP contribution in [0.15, 0.2) is 58.9 Å². The molecule has 0 radical (unpaired) electrons. The van der Waals surface area contributed by atoms with Gasteiger partial charge in [-0.2, -0.15) is 0 Å². The Labute approximate surface area is 285 Å². The van der Waals surface area contributed by atoms with Crippen molar-refractivity contribution in [3.05, 3.63) is 59.3 Å². The number of alkyl halides is 1. The van der Waals surface area contributed by atoms with Crippen LogP contribution in [0, 0.1) is 0 Å². The smallest absolute Gasteiger partial charge is 0.543 e. The zero-order valence-corrected chi connectivity index (χ0v) is 27.8. The average Bonchev–Trinajstić information content (AvgIpc) is 3.57. The summed E-state index contributed by atoms with van der Waals surface area (Å²) in [5, 5.41) is 21.1. The van der Waals surface area contributed by atoms with E-state index in [4.69, 9.17) is 9.47 Å². The van der Waals surface area contributed by atoms with Gasteiger partial charge in [0, 0.05) is 24.3 Å². The monoisotopic (exact) mass is 698 g/mol. The largest absolute Gasteiger partial charge is 1.00 e. The number of amides is 6. The second-order valence-corrected chi connectivity index (χ2v) is 11.5. The number of carboxylic acids is 1. The molecule has 4 atom stereocenters. The maximum atomic E-state index is 13.5. The first-order valence-corrected chi connectivity index (χ1v) is 14.9. The maximum Gasteiger partial charge on any atom is 1.00 e. The van der Waals surface area contributed by atoms with Crippen LogP contribution in [0.2, 0.25) is 0 Å². The number of urea groups is 2. The summed E-state index contributed by atoms with van der Waals surface area (Å²) < 4.78 is 10.3. The Morgan fingerprint density at radius 2 is 1.93 bits per heavy atom. The van der Waals surface area contributed by atoms with Crippen LogP contribution in [0.5, 0.6) is 0 Å². The van der Waals surface area contributed by atoms with E-state index in [0.717, 1.165) is 14.8 Å². The van der Waals surface area contributed by atoms with E-state index >= 15 is 0 Å². The summed E-state index contributed by atoms with van der Waals surface area (Å²) in [5.41, 5.74) is 0.170. The molecule has 2 saturated heterocycles. The van der Waals surface area contributed by atoms with E-state index in [9.17, 15) is 33.9 Å². The molecule has 0 aliphatic carbocycles. The topological polar surface area (TPSA) is 190 Å². The molecule has 3 unspecified atom stereocenters. The van der Waals surface area contributed by atoms with E-state index in [1.165, 1.54) is 18.7 Å². The number of carbonyl (C=O) groups excluding carboxylic acids is 6. The Morgan fingerprint density at radius 3 is 2.57 bits per heavy atom. The number of imide groups is 1. The number of fused-ring (bicyclic) bond motifs is 1. The Kier molecular flexibility index (Phi) is 10.8. The average molecular weight is 699 g/mol. The minimum atomic E-state index is -1.61. The third-order valence-corrected chi connectivity index (χ3v) is 8.56. The standard InChI is InChI=1S/C26H25BrN6O9S.Na/c1-13(34)41-11-15-12-43-23-19(22(36)33(23)20(15)24(37)38)28-21(35)18(14-5-3-2-4-6-14)29-25(39)31-9-10-32(26(31)40)30-17-8-7-16(27)42-17;/h2-8,16,18-19,23H,9-12H2,1H3,(H,28,35)(H,29,39)(H,37,38);/q;+1/p-1/t16?,18?,19?,23-;/m0./s1. The molecule has 44 heavy (non-hydrogen) atoms. The normalized spacial score (nSPS) is 23.8. The predicted molar refractivity (Wildman–Crippen MR) is 151 cm³/mol. The number of hydrogen-bond acceptors (Lipinski definition) is 11. The SMILES string of the molecule is CC(=O)OCC1=C(C(=O)[O-])N2C(=O)C(NC(=O)C(NC(=O)N3CCN(N=C4C=CC(Br)O4)C3=O)c3ccccc3)[C@@H]2SC1.[Na+]. The summed E-state index contributed by atoms with van der Waals surface area (Å²) in [4.78, 5) is 77.6. The first-order valence-electron chi connectivity index (χ1n) is 12.9. The minimum absolute atomic E-state index is 0. The van der Waals surface area contributed by atoms with E-state index in [-0.39, 0.29) is 71.5 Å². The van der Waals surface area contributed by atoms with Gasteiger partial charge in [-0.15, -0.1) is 16.9 Å². The van der Waals surface area contributed by atoms with Gasteiger partial charge in [-0.25, -0.2) is 19.5 Å². The van der Waals surface area contributed by atoms with Gasteiger partial charge >= 0.3 is 47.6 Å². The van der Waals surface area contributed by atoms with E-state index in [0.29, 0.717) is 5.56 Å². The molecule has 2 fully saturated rings. The zero-order chi connectivity index (χ0) is 30.8. The summed E-state index contributed by atoms with van der Waals surface area (Å²) in [7, 11) is 0. The quantitative estimate of drug-likeness (QED) is 0.121. The summed E-state index contributed by atoms with van der Waals surface area (Å²) in [6.45, 7) is 0.948. The van der Waals surface area contributed by atoms with Crippen molar-refractivity contribution in [3.63, 3.8) is 0 Å². The molecule has 0 bridgehead atoms. The van der Waals surface area contributed by atoms with Crippen molar-refractivity contribution >= 4 is 69.4 Å². The fourth-order valence-electron chi connectivity index (χ4n) is 4.69. The molecule has 15 nitrogen and oxygen atoms in total. The van der Waals surface area contributed by atoms with Gasteiger partial charge in [0.05, 0.1) is 24.8 Å². The number of hydrazone groups is 1. The Morgan fingerprint density at radius 1 is 1.20 bits per heavy atom. The fourth-order valence-corrected chi connectivity index (χ4v) is 6.36. The molecule has 1 aromatic rings. The molecule has 0 aromatic heterocycles. The van der Waals surface area contributed by atoms with Crippen molar-refractivity contribution in [2.45, 2.75) is 29.4 Å². The van der Waals surface area contributed by atoms with Crippen LogP contribution < -0.4 is 45.3 Å². The Bertz CT molecular complexity index is 1470. The number of benzene rings is 1. The molecule has 0 saturated carbocycles. The second kappa shape index (κ2) is 14.2. The van der Waals surface area contributed by atoms with Crippen molar-refractivity contribution in [1.29, 1.82) is 0 Å². The molecule has 1 aromatic carbocycles. The first-order chi connectivity index (χ1) is 20.5. The van der Waals surface area contributed by atoms with Crippen molar-refractivity contribution in [2.75, 3.05) is 25.4 Å². The Hall–Kier alpha value is -3.38. The number of halogens is 1. The van der Waals surface area contributed by atoms with E-state index < -0.39 is 59.0 Å². The molecular weight excluding hydrogens is 675 g/mol. The van der Waals surface area contributed by atoms with Gasteiger partial charge in [-0.1, -0.05) is 30.3 Å². The number of rotatable bonds is 8. The summed E-state index contributed by atoms with van der Waals surface area (Å²) in [5.74, 6) is -3.38. The van der Waals surface area contributed by atoms with E-state index in [2.05, 4.69) is 31.7 Å². The third-order valence-electron chi connectivity index (χ3n) is 6.73. The third kappa shape index (κ3) is 6.96. The van der Waals surface area contributed by atoms with Gasteiger partial charge in [-0.05, 0) is 27.6 Å². The maximum absolute atomic E-state index is 13.5. The minimum Gasteiger partial charge on any atom is -0.543 e. The van der Waals surface area contributed by atoms with Crippen LogP contribution in [0.25, 0.3) is 0 Å². The van der Waals surface area contributed by atoms with Crippen LogP contribution in [0.1, 0.15) is 18.5 Å². The number of ether oxygens (including phenoxy) is 2. The number of carboxylic acid groups (broad SMARTS) is 1. The molecule has 4 heterocycles. The molecular formula is C26H24BrN6NaO9S. The molecule has 5 rings (SSSR count). The van der Waals surface area contributed by atoms with Crippen LogP contribution in [-0.4, -0.2) is 98.4 Å². The molecule has 2 N–H and O–H groups in total. The number of nitrogens with one attached hydrogen (secondary N) is 2. The number of aliphatic carboxylic acids is 1. The van der Waals surface area contributed by atoms with Gasteiger partial charge in [-0.3, -0.25) is 19.3 Å². The van der Waals surface area contributed by atoms with E-state index in [1.54, 1.807) is 42.5 Å². The van der Waals surface area contributed by atoms with Gasteiger partial charge in [0.15, 0.2) is 5.01 Å². The number of thioether (sulfide) groups is 1. The molecule has 4 aliphatic heterocycles. The summed E-state index contributed by atoms with van der Waals surface area (Å²) in [6.07, 6.45) is 3.26. The molecule has 226 valence electrons. The van der Waals surface area contributed by atoms with Crippen LogP contribution >= 0.6 is 27.7 Å². The molecule has 18 heteroatoms. The van der Waals surface area contributed by atoms with Gasteiger partial charge in [0.2, 0.25) is 11.8 Å². The molecule has 0 spiro atoms. The number of β-lactam (4-membered cyclic amide) rings is 1. The van der Waals surface area contributed by atoms with Gasteiger partial charge < -0.3 is 30.0 Å². The fraction of sp³-hybridized carbons (Fsp3) is 0.346. The first kappa shape index (κ1) is 33.5. The number of nitrogens with zero attached hydrogens (tertiary/aromatic N) is 4. The van der Waals surface area contributed by atoms with Crippen molar-refractivity contribution < 1.29 is 72.9 Å². The number of esters is 1. The zero-order valence-electron chi connectivity index (χ0n) is 23.4. The molecule has 4 aliphatic rings. The van der Waals surface area contributed by atoms with Crippen LogP contribution in [0.3, 0.4) is 0 Å². The van der Waals surface area contributed by atoms with Gasteiger partial charge in [0.25, 0.3) is 5.91 Å². The van der Waals surface area contributed by atoms with E-state index in [1.807, 2.05) is 0 Å². The molecule has 6 amide bonds. The summed E-state index contributed by atoms with van der Waals surface area (Å²) in [6, 6.07) is 4.22. The summed E-state index contributed by atoms with van der Waals surface area (Å²) >= 11 is 4.41. The van der Waals surface area contributed by atoms with Crippen molar-refractivity contribution in [1.82, 2.24) is 25.4 Å². The Balaban J connectivity index is 0.00000442. The number of hydrogen-bond donors (Lipinski definition) is 2. The number of carbonyl (C=O) groups is 6. The van der Waals surface area contributed by atoms with Crippen molar-refractivity contribution in [3.8, 4) is 0 Å². The predicted octanol–water partition coefficient (Wildman–Crippen LogP) is -3.23.